The predicted octanol–water partition coefficient (Wildman–Crippen LogP) is 1.27. The lowest BCUT2D eigenvalue weighted by Gasteiger charge is -2.09. The van der Waals surface area contributed by atoms with Crippen molar-refractivity contribution in [1.29, 1.82) is 0 Å². The molecule has 0 amide bonds. The Labute approximate surface area is 84.8 Å². The first-order valence-corrected chi connectivity index (χ1v) is 4.40. The second kappa shape index (κ2) is 5.46. The van der Waals surface area contributed by atoms with Crippen molar-refractivity contribution >= 4 is 5.97 Å². The molecule has 0 aromatic rings. The van der Waals surface area contributed by atoms with Gasteiger partial charge in [0, 0.05) is 6.92 Å². The Morgan fingerprint density at radius 1 is 1.57 bits per heavy atom. The number of aliphatic hydroxyl groups is 1. The third-order valence-electron chi connectivity index (χ3n) is 1.18. The molecule has 0 bridgehead atoms. The lowest BCUT2D eigenvalue weighted by atomic mass is 10.1. The number of allylic oxidation sites excluding steroid dienone is 1. The van der Waals surface area contributed by atoms with Crippen molar-refractivity contribution in [1.82, 2.24) is 0 Å². The second-order valence-corrected chi connectivity index (χ2v) is 3.38. The summed E-state index contributed by atoms with van der Waals surface area (Å²) >= 11 is 0. The van der Waals surface area contributed by atoms with E-state index >= 15 is 0 Å². The summed E-state index contributed by atoms with van der Waals surface area (Å²) in [5.74, 6) is 4.86. The lowest BCUT2D eigenvalue weighted by Crippen LogP contribution is -2.17. The molecule has 1 atom stereocenters. The smallest absolute Gasteiger partial charge is 0.304 e. The minimum atomic E-state index is -1.07. The molecule has 0 rings (SSSR count). The molecule has 0 saturated carbocycles. The summed E-state index contributed by atoms with van der Waals surface area (Å²) in [5.41, 5.74) is -1.07. The van der Waals surface area contributed by atoms with Gasteiger partial charge in [0.05, 0.1) is 0 Å². The Bertz CT molecular complexity index is 273. The van der Waals surface area contributed by atoms with Gasteiger partial charge in [0.25, 0.3) is 0 Å². The van der Waals surface area contributed by atoms with E-state index in [1.165, 1.54) is 6.92 Å². The molecular weight excluding hydrogens is 180 g/mol. The van der Waals surface area contributed by atoms with Crippen LogP contribution in [0.3, 0.4) is 0 Å². The van der Waals surface area contributed by atoms with Crippen LogP contribution >= 0.6 is 0 Å². The average Bonchev–Trinajstić information content (AvgIpc) is 1.98. The molecule has 0 fully saturated rings. The van der Waals surface area contributed by atoms with Crippen molar-refractivity contribution in [3.05, 3.63) is 12.2 Å². The third-order valence-corrected chi connectivity index (χ3v) is 1.18. The fraction of sp³-hybridized carbons (Fsp3) is 0.545. The van der Waals surface area contributed by atoms with E-state index < -0.39 is 17.7 Å². The quantitative estimate of drug-likeness (QED) is 0.411. The second-order valence-electron chi connectivity index (χ2n) is 3.38. The van der Waals surface area contributed by atoms with E-state index in [-0.39, 0.29) is 0 Å². The Kier molecular flexibility index (Phi) is 4.96. The maximum atomic E-state index is 10.7. The third kappa shape index (κ3) is 7.38. The highest BCUT2D eigenvalue weighted by molar-refractivity contribution is 5.66. The first kappa shape index (κ1) is 12.7. The molecule has 0 radical (unpaired) electrons. The van der Waals surface area contributed by atoms with E-state index in [9.17, 15) is 9.90 Å². The largest absolute Gasteiger partial charge is 0.445 e. The zero-order valence-electron chi connectivity index (χ0n) is 9.00. The zero-order chi connectivity index (χ0) is 11.2. The summed E-state index contributed by atoms with van der Waals surface area (Å²) in [6, 6.07) is 0. The molecule has 0 aromatic carbocycles. The number of rotatable bonds is 2. The van der Waals surface area contributed by atoms with E-state index in [1.807, 2.05) is 6.92 Å². The maximum absolute atomic E-state index is 10.7. The summed E-state index contributed by atoms with van der Waals surface area (Å²) in [6.45, 7) is 6.27. The average molecular weight is 196 g/mol. The van der Waals surface area contributed by atoms with Gasteiger partial charge in [-0.25, -0.2) is 0 Å². The number of ether oxygens (including phenoxy) is 1. The van der Waals surface area contributed by atoms with Crippen LogP contribution < -0.4 is 0 Å². The van der Waals surface area contributed by atoms with Crippen LogP contribution in [0.2, 0.25) is 0 Å². The summed E-state index contributed by atoms with van der Waals surface area (Å²) < 4.78 is 4.88. The molecule has 78 valence electrons. The van der Waals surface area contributed by atoms with Crippen LogP contribution in [0.1, 0.15) is 27.7 Å². The number of hydrogen-bond donors (Lipinski definition) is 1. The Morgan fingerprint density at radius 3 is 2.50 bits per heavy atom. The van der Waals surface area contributed by atoms with Gasteiger partial charge in [0.1, 0.15) is 5.60 Å². The molecule has 0 aliphatic heterocycles. The van der Waals surface area contributed by atoms with Crippen molar-refractivity contribution in [2.75, 3.05) is 0 Å². The lowest BCUT2D eigenvalue weighted by molar-refractivity contribution is -0.142. The minimum absolute atomic E-state index is 0.391. The van der Waals surface area contributed by atoms with Gasteiger partial charge in [0.2, 0.25) is 0 Å². The normalized spacial score (nSPS) is 13.2. The van der Waals surface area contributed by atoms with Gasteiger partial charge >= 0.3 is 5.97 Å². The first-order chi connectivity index (χ1) is 6.35. The summed E-state index contributed by atoms with van der Waals surface area (Å²) in [5, 5.41) is 9.33. The molecule has 0 heterocycles. The van der Waals surface area contributed by atoms with Crippen LogP contribution in [-0.4, -0.2) is 22.8 Å². The SMILES string of the molecule is C/C=C/C(C#CC(C)(C)O)OC(C)=O. The fourth-order valence-electron chi connectivity index (χ4n) is 0.718. The van der Waals surface area contributed by atoms with E-state index in [0.717, 1.165) is 0 Å². The van der Waals surface area contributed by atoms with Gasteiger partial charge in [-0.15, -0.1) is 0 Å². The zero-order valence-corrected chi connectivity index (χ0v) is 9.00. The summed E-state index contributed by atoms with van der Waals surface area (Å²) in [6.07, 6.45) is 2.82. The van der Waals surface area contributed by atoms with Crippen molar-refractivity contribution < 1.29 is 14.6 Å². The number of carbonyl (C=O) groups excluding carboxylic acids is 1. The van der Waals surface area contributed by atoms with E-state index in [0.29, 0.717) is 0 Å². The van der Waals surface area contributed by atoms with Crippen LogP contribution in [0.4, 0.5) is 0 Å². The van der Waals surface area contributed by atoms with Crippen LogP contribution in [-0.2, 0) is 9.53 Å². The molecule has 1 N–H and O–H groups in total. The highest BCUT2D eigenvalue weighted by Gasteiger charge is 2.08. The highest BCUT2D eigenvalue weighted by atomic mass is 16.5. The van der Waals surface area contributed by atoms with Gasteiger partial charge in [0.15, 0.2) is 6.10 Å². The molecule has 0 spiro atoms. The summed E-state index contributed by atoms with van der Waals surface area (Å²) in [4.78, 5) is 10.7. The molecule has 0 aliphatic carbocycles. The Balaban J connectivity index is 4.50. The minimum Gasteiger partial charge on any atom is -0.445 e. The van der Waals surface area contributed by atoms with Gasteiger partial charge < -0.3 is 9.84 Å². The topological polar surface area (TPSA) is 46.5 Å². The molecule has 3 heteroatoms. The van der Waals surface area contributed by atoms with Crippen molar-refractivity contribution in [3.8, 4) is 11.8 Å². The molecule has 3 nitrogen and oxygen atoms in total. The van der Waals surface area contributed by atoms with Crippen molar-refractivity contribution in [3.63, 3.8) is 0 Å². The van der Waals surface area contributed by atoms with Gasteiger partial charge in [-0.3, -0.25) is 4.79 Å². The molecule has 1 unspecified atom stereocenters. The van der Waals surface area contributed by atoms with Crippen LogP contribution in [0.15, 0.2) is 12.2 Å². The van der Waals surface area contributed by atoms with Crippen LogP contribution in [0, 0.1) is 11.8 Å². The molecule has 0 aromatic heterocycles. The van der Waals surface area contributed by atoms with Gasteiger partial charge in [-0.05, 0) is 26.8 Å². The Morgan fingerprint density at radius 2 is 2.14 bits per heavy atom. The van der Waals surface area contributed by atoms with E-state index in [2.05, 4.69) is 11.8 Å². The Hall–Kier alpha value is -1.27. The molecule has 0 saturated heterocycles. The highest BCUT2D eigenvalue weighted by Crippen LogP contribution is 1.99. The maximum Gasteiger partial charge on any atom is 0.304 e. The van der Waals surface area contributed by atoms with E-state index in [1.54, 1.807) is 26.0 Å². The van der Waals surface area contributed by atoms with Crippen molar-refractivity contribution in [2.45, 2.75) is 39.4 Å². The van der Waals surface area contributed by atoms with Gasteiger partial charge in [-0.1, -0.05) is 17.9 Å². The number of carbonyl (C=O) groups is 1. The van der Waals surface area contributed by atoms with Crippen LogP contribution in [0.25, 0.3) is 0 Å². The standard InChI is InChI=1S/C11H16O3/c1-5-6-10(14-9(2)12)7-8-11(3,4)13/h5-6,10,13H,1-4H3/b6-5+. The fourth-order valence-corrected chi connectivity index (χ4v) is 0.718. The van der Waals surface area contributed by atoms with Gasteiger partial charge in [-0.2, -0.15) is 0 Å². The monoisotopic (exact) mass is 196 g/mol. The van der Waals surface area contributed by atoms with Crippen molar-refractivity contribution in [2.24, 2.45) is 0 Å². The predicted molar refractivity (Wildman–Crippen MR) is 54.4 cm³/mol. The number of esters is 1. The number of hydrogen-bond acceptors (Lipinski definition) is 3. The molecule has 14 heavy (non-hydrogen) atoms. The molecule has 0 aliphatic rings. The van der Waals surface area contributed by atoms with Crippen LogP contribution in [0.5, 0.6) is 0 Å². The first-order valence-electron chi connectivity index (χ1n) is 4.40. The summed E-state index contributed by atoms with van der Waals surface area (Å²) in [7, 11) is 0. The van der Waals surface area contributed by atoms with E-state index in [4.69, 9.17) is 4.74 Å². The molecular formula is C11H16O3.